The van der Waals surface area contributed by atoms with Crippen LogP contribution in [-0.4, -0.2) is 66.8 Å². The molecule has 0 bridgehead atoms. The summed E-state index contributed by atoms with van der Waals surface area (Å²) < 4.78 is 4.40. The van der Waals surface area contributed by atoms with Crippen LogP contribution in [0.1, 0.15) is 26.2 Å². The number of hydrogen-bond donors (Lipinski definition) is 3. The molecule has 2 amide bonds. The number of carbonyl (C=O) groups excluding carboxylic acids is 2. The smallest absolute Gasteiger partial charge is 0.326 e. The highest BCUT2D eigenvalue weighted by atomic mass is 16.5. The van der Waals surface area contributed by atoms with E-state index in [1.54, 1.807) is 0 Å². The molecule has 1 rings (SSSR count). The van der Waals surface area contributed by atoms with Gasteiger partial charge in [0.2, 0.25) is 0 Å². The summed E-state index contributed by atoms with van der Waals surface area (Å²) in [6.07, 6.45) is 1.93. The van der Waals surface area contributed by atoms with Crippen LogP contribution in [0.25, 0.3) is 0 Å². The molecule has 1 aliphatic rings. The lowest BCUT2D eigenvalue weighted by Crippen LogP contribution is -2.51. The third kappa shape index (κ3) is 6.44. The predicted octanol–water partition coefficient (Wildman–Crippen LogP) is -0.214. The van der Waals surface area contributed by atoms with E-state index in [9.17, 15) is 14.4 Å². The molecule has 120 valence electrons. The molecule has 0 aromatic heterocycles. The van der Waals surface area contributed by atoms with Crippen LogP contribution in [0.4, 0.5) is 4.79 Å². The molecule has 0 aliphatic carbocycles. The minimum absolute atomic E-state index is 0.101. The molecule has 0 aromatic carbocycles. The summed E-state index contributed by atoms with van der Waals surface area (Å²) in [7, 11) is 1.17. The van der Waals surface area contributed by atoms with Gasteiger partial charge < -0.3 is 25.4 Å². The minimum atomic E-state index is -1.29. The number of nitrogens with one attached hydrogen (secondary N) is 2. The number of carboxylic acids is 1. The first-order valence-electron chi connectivity index (χ1n) is 7.01. The number of ether oxygens (including phenoxy) is 1. The van der Waals surface area contributed by atoms with Gasteiger partial charge in [0, 0.05) is 12.6 Å². The van der Waals surface area contributed by atoms with Crippen LogP contribution in [0.5, 0.6) is 0 Å². The summed E-state index contributed by atoms with van der Waals surface area (Å²) in [6, 6.07) is -2.00. The summed E-state index contributed by atoms with van der Waals surface area (Å²) >= 11 is 0. The first-order chi connectivity index (χ1) is 9.92. The van der Waals surface area contributed by atoms with E-state index in [0.29, 0.717) is 0 Å². The third-order valence-corrected chi connectivity index (χ3v) is 3.31. The van der Waals surface area contributed by atoms with Crippen molar-refractivity contribution in [3.63, 3.8) is 0 Å². The number of esters is 1. The zero-order chi connectivity index (χ0) is 15.8. The summed E-state index contributed by atoms with van der Waals surface area (Å²) in [5.74, 6) is -1.96. The number of urea groups is 1. The van der Waals surface area contributed by atoms with Crippen molar-refractivity contribution in [3.8, 4) is 0 Å². The first kappa shape index (κ1) is 17.2. The second-order valence-electron chi connectivity index (χ2n) is 5.20. The molecule has 1 aliphatic heterocycles. The van der Waals surface area contributed by atoms with Gasteiger partial charge in [-0.2, -0.15) is 0 Å². The summed E-state index contributed by atoms with van der Waals surface area (Å²) in [6.45, 7) is 4.62. The number of aliphatic carboxylic acids is 1. The quantitative estimate of drug-likeness (QED) is 0.561. The fourth-order valence-electron chi connectivity index (χ4n) is 2.27. The van der Waals surface area contributed by atoms with E-state index in [4.69, 9.17) is 5.11 Å². The van der Waals surface area contributed by atoms with Crippen molar-refractivity contribution >= 4 is 18.0 Å². The summed E-state index contributed by atoms with van der Waals surface area (Å²) in [5.41, 5.74) is 0. The molecule has 8 heteroatoms. The van der Waals surface area contributed by atoms with Gasteiger partial charge in [0.25, 0.3) is 0 Å². The molecule has 0 aromatic rings. The number of carbonyl (C=O) groups is 3. The van der Waals surface area contributed by atoms with Crippen LogP contribution in [0.15, 0.2) is 0 Å². The van der Waals surface area contributed by atoms with Gasteiger partial charge in [-0.1, -0.05) is 0 Å². The van der Waals surface area contributed by atoms with Crippen LogP contribution in [0.2, 0.25) is 0 Å². The Bertz CT molecular complexity index is 382. The molecule has 8 nitrogen and oxygen atoms in total. The molecule has 0 saturated carbocycles. The Hall–Kier alpha value is -1.83. The van der Waals surface area contributed by atoms with Gasteiger partial charge in [-0.15, -0.1) is 0 Å². The van der Waals surface area contributed by atoms with E-state index in [2.05, 4.69) is 20.3 Å². The fraction of sp³-hybridized carbons (Fsp3) is 0.769. The lowest BCUT2D eigenvalue weighted by Gasteiger charge is -2.22. The van der Waals surface area contributed by atoms with E-state index < -0.39 is 30.4 Å². The van der Waals surface area contributed by atoms with Crippen LogP contribution >= 0.6 is 0 Å². The third-order valence-electron chi connectivity index (χ3n) is 3.31. The van der Waals surface area contributed by atoms with Gasteiger partial charge in [-0.3, -0.25) is 4.79 Å². The zero-order valence-corrected chi connectivity index (χ0v) is 12.4. The highest BCUT2D eigenvalue weighted by Crippen LogP contribution is 2.07. The number of amides is 2. The lowest BCUT2D eigenvalue weighted by molar-refractivity contribution is -0.147. The van der Waals surface area contributed by atoms with E-state index in [-0.39, 0.29) is 6.04 Å². The van der Waals surface area contributed by atoms with Gasteiger partial charge >= 0.3 is 18.0 Å². The van der Waals surface area contributed by atoms with Gasteiger partial charge in [-0.25, -0.2) is 9.59 Å². The maximum atomic E-state index is 11.8. The molecular formula is C13H23N3O5. The minimum Gasteiger partial charge on any atom is -0.480 e. The maximum Gasteiger partial charge on any atom is 0.326 e. The monoisotopic (exact) mass is 301 g/mol. The summed E-state index contributed by atoms with van der Waals surface area (Å²) in [4.78, 5) is 36.1. The second kappa shape index (κ2) is 8.46. The van der Waals surface area contributed by atoms with Crippen molar-refractivity contribution < 1.29 is 24.2 Å². The average Bonchev–Trinajstić information content (AvgIpc) is 2.89. The molecule has 1 fully saturated rings. The molecule has 0 spiro atoms. The highest BCUT2D eigenvalue weighted by Gasteiger charge is 2.24. The van der Waals surface area contributed by atoms with Crippen LogP contribution in [0, 0.1) is 0 Å². The molecule has 0 radical (unpaired) electrons. The van der Waals surface area contributed by atoms with Crippen LogP contribution < -0.4 is 10.6 Å². The number of likely N-dealkylation sites (tertiary alicyclic amines) is 1. The highest BCUT2D eigenvalue weighted by molar-refractivity contribution is 5.86. The van der Waals surface area contributed by atoms with Crippen molar-refractivity contribution in [2.45, 2.75) is 38.3 Å². The Balaban J connectivity index is 2.38. The van der Waals surface area contributed by atoms with Crippen molar-refractivity contribution in [2.24, 2.45) is 0 Å². The normalized spacial score (nSPS) is 17.8. The predicted molar refractivity (Wildman–Crippen MR) is 74.9 cm³/mol. The van der Waals surface area contributed by atoms with E-state index >= 15 is 0 Å². The average molecular weight is 301 g/mol. The Morgan fingerprint density at radius 3 is 2.38 bits per heavy atom. The number of rotatable bonds is 7. The Morgan fingerprint density at radius 1 is 1.24 bits per heavy atom. The molecule has 3 N–H and O–H groups in total. The molecule has 1 heterocycles. The first-order valence-corrected chi connectivity index (χ1v) is 7.01. The Morgan fingerprint density at radius 2 is 1.86 bits per heavy atom. The van der Waals surface area contributed by atoms with Gasteiger partial charge in [0.1, 0.15) is 6.04 Å². The zero-order valence-electron chi connectivity index (χ0n) is 12.4. The number of carboxylic acid groups (broad SMARTS) is 1. The summed E-state index contributed by atoms with van der Waals surface area (Å²) in [5, 5.41) is 13.9. The molecule has 1 unspecified atom stereocenters. The van der Waals surface area contributed by atoms with Crippen molar-refractivity contribution in [3.05, 3.63) is 0 Å². The van der Waals surface area contributed by atoms with Crippen molar-refractivity contribution in [1.82, 2.24) is 15.5 Å². The van der Waals surface area contributed by atoms with Gasteiger partial charge in [0.15, 0.2) is 0 Å². The lowest BCUT2D eigenvalue weighted by atomic mass is 10.2. The Kier molecular flexibility index (Phi) is 6.93. The van der Waals surface area contributed by atoms with E-state index in [1.807, 2.05) is 6.92 Å². The maximum absolute atomic E-state index is 11.8. The molecule has 21 heavy (non-hydrogen) atoms. The molecule has 1 saturated heterocycles. The second-order valence-corrected chi connectivity index (χ2v) is 5.20. The SMILES string of the molecule is COC(=O)C[C@H](NC(=O)NC(C)CN1CCCC1)C(=O)O. The standard InChI is InChI=1S/C13H23N3O5/c1-9(8-16-5-3-4-6-16)14-13(20)15-10(12(18)19)7-11(17)21-2/h9-10H,3-8H2,1-2H3,(H,18,19)(H2,14,15,20)/t9?,10-/m0/s1. The largest absolute Gasteiger partial charge is 0.480 e. The van der Waals surface area contributed by atoms with E-state index in [1.165, 1.54) is 20.0 Å². The van der Waals surface area contributed by atoms with Crippen LogP contribution in [0.3, 0.4) is 0 Å². The topological polar surface area (TPSA) is 108 Å². The fourth-order valence-corrected chi connectivity index (χ4v) is 2.27. The van der Waals surface area contributed by atoms with Gasteiger partial charge in [-0.05, 0) is 32.9 Å². The Labute approximate surface area is 123 Å². The number of nitrogens with zero attached hydrogens (tertiary/aromatic N) is 1. The number of methoxy groups -OCH3 is 1. The molecule has 2 atom stereocenters. The number of hydrogen-bond acceptors (Lipinski definition) is 5. The molecular weight excluding hydrogens is 278 g/mol. The van der Waals surface area contributed by atoms with Crippen molar-refractivity contribution in [2.75, 3.05) is 26.7 Å². The van der Waals surface area contributed by atoms with Crippen molar-refractivity contribution in [1.29, 1.82) is 0 Å². The van der Waals surface area contributed by atoms with E-state index in [0.717, 1.165) is 19.6 Å². The van der Waals surface area contributed by atoms with Crippen LogP contribution in [-0.2, 0) is 14.3 Å². The van der Waals surface area contributed by atoms with Gasteiger partial charge in [0.05, 0.1) is 13.5 Å².